The van der Waals surface area contributed by atoms with Gasteiger partial charge in [0.1, 0.15) is 45.9 Å². The molecule has 0 unspecified atom stereocenters. The Kier molecular flexibility index (Phi) is 6.55. The second-order valence-corrected chi connectivity index (χ2v) is 8.53. The summed E-state index contributed by atoms with van der Waals surface area (Å²) in [5.41, 5.74) is 3.76. The number of nitrogens with one attached hydrogen (secondary N) is 3. The predicted octanol–water partition coefficient (Wildman–Crippen LogP) is -0.0730. The zero-order valence-electron chi connectivity index (χ0n) is 18.0. The third-order valence-corrected chi connectivity index (χ3v) is 6.06. The van der Waals surface area contributed by atoms with Crippen LogP contribution < -0.4 is 24.6 Å². The number of quaternary nitrogens is 2. The van der Waals surface area contributed by atoms with Crippen molar-refractivity contribution < 1.29 is 24.1 Å². The fraction of sp³-hybridized carbons (Fsp3) is 0.458. The molecule has 3 N–H and O–H groups in total. The Morgan fingerprint density at radius 1 is 1.00 bits per heavy atom. The maximum atomic E-state index is 12.6. The number of hydrogen-bond donors (Lipinski definition) is 3. The van der Waals surface area contributed by atoms with Crippen molar-refractivity contribution in [3.05, 3.63) is 59.2 Å². The van der Waals surface area contributed by atoms with Crippen molar-refractivity contribution in [2.45, 2.75) is 26.4 Å². The van der Waals surface area contributed by atoms with Crippen molar-refractivity contribution in [3.63, 3.8) is 0 Å². The van der Waals surface area contributed by atoms with Gasteiger partial charge in [0.05, 0.1) is 6.04 Å². The molecule has 2 aromatic rings. The molecule has 0 aromatic heterocycles. The lowest BCUT2D eigenvalue weighted by Crippen LogP contribution is -3.28. The highest BCUT2D eigenvalue weighted by molar-refractivity contribution is 5.77. The van der Waals surface area contributed by atoms with Gasteiger partial charge in [-0.25, -0.2) is 0 Å². The Labute approximate surface area is 178 Å². The molecule has 0 spiro atoms. The summed E-state index contributed by atoms with van der Waals surface area (Å²) in [6, 6.07) is 14.6. The number of piperazine rings is 1. The summed E-state index contributed by atoms with van der Waals surface area (Å²) in [4.78, 5) is 15.6. The van der Waals surface area contributed by atoms with E-state index in [-0.39, 0.29) is 11.9 Å². The number of aryl methyl sites for hydroxylation is 1. The zero-order chi connectivity index (χ0) is 20.9. The molecule has 1 amide bonds. The van der Waals surface area contributed by atoms with E-state index in [2.05, 4.69) is 36.5 Å². The normalized spacial score (nSPS) is 21.7. The average Bonchev–Trinajstić information content (AvgIpc) is 2.75. The lowest BCUT2D eigenvalue weighted by atomic mass is 10.1. The number of carbonyl (C=O) groups excluding carboxylic acids is 1. The predicted molar refractivity (Wildman–Crippen MR) is 115 cm³/mol. The van der Waals surface area contributed by atoms with Crippen LogP contribution in [0.4, 0.5) is 0 Å². The summed E-state index contributed by atoms with van der Waals surface area (Å²) in [6.07, 6.45) is 0. The van der Waals surface area contributed by atoms with Gasteiger partial charge in [-0.2, -0.15) is 0 Å². The van der Waals surface area contributed by atoms with Gasteiger partial charge >= 0.3 is 0 Å². The molecule has 2 aliphatic rings. The second-order valence-electron chi connectivity index (χ2n) is 8.53. The lowest BCUT2D eigenvalue weighted by Gasteiger charge is -2.29. The van der Waals surface area contributed by atoms with Gasteiger partial charge < -0.3 is 24.6 Å². The van der Waals surface area contributed by atoms with Crippen LogP contribution in [0.3, 0.4) is 0 Å². The number of ether oxygens (including phenoxy) is 2. The fourth-order valence-corrected chi connectivity index (χ4v) is 4.35. The molecule has 4 rings (SSSR count). The standard InChI is InChI=1S/C24H31N3O3/c1-18-4-3-5-20(14-18)16-26-8-10-27(11-9-26)17-24(28)25-19(2)21-6-7-22-23(15-21)30-13-12-29-22/h3-7,14-15,19H,8-13,16-17H2,1-2H3,(H,25,28)/p+2/t19-/m1/s1. The molecule has 2 heterocycles. The molecule has 0 saturated carbocycles. The van der Waals surface area contributed by atoms with Crippen LogP contribution in [0.15, 0.2) is 42.5 Å². The largest absolute Gasteiger partial charge is 0.486 e. The minimum Gasteiger partial charge on any atom is -0.486 e. The minimum atomic E-state index is -0.0547. The SMILES string of the molecule is Cc1cccc(C[NH+]2CC[NH+](CC(=O)N[C@H](C)c3ccc4c(c3)OCCO4)CC2)c1. The summed E-state index contributed by atoms with van der Waals surface area (Å²) in [7, 11) is 0. The molecule has 160 valence electrons. The van der Waals surface area contributed by atoms with Crippen LogP contribution in [0.2, 0.25) is 0 Å². The monoisotopic (exact) mass is 411 g/mol. The molecule has 2 aromatic carbocycles. The van der Waals surface area contributed by atoms with Crippen molar-refractivity contribution in [3.8, 4) is 11.5 Å². The molecule has 6 heteroatoms. The van der Waals surface area contributed by atoms with Crippen molar-refractivity contribution in [2.75, 3.05) is 45.9 Å². The van der Waals surface area contributed by atoms with E-state index in [1.807, 2.05) is 25.1 Å². The van der Waals surface area contributed by atoms with Crippen LogP contribution in [0.25, 0.3) is 0 Å². The molecule has 1 atom stereocenters. The van der Waals surface area contributed by atoms with Crippen LogP contribution in [0.1, 0.15) is 29.7 Å². The Balaban J connectivity index is 1.23. The van der Waals surface area contributed by atoms with Crippen molar-refractivity contribution in [2.24, 2.45) is 0 Å². The quantitative estimate of drug-likeness (QED) is 0.624. The number of carbonyl (C=O) groups is 1. The van der Waals surface area contributed by atoms with Gasteiger partial charge in [0.2, 0.25) is 0 Å². The van der Waals surface area contributed by atoms with Crippen LogP contribution >= 0.6 is 0 Å². The van der Waals surface area contributed by atoms with Gasteiger partial charge in [0.15, 0.2) is 18.0 Å². The number of amides is 1. The van der Waals surface area contributed by atoms with E-state index in [0.29, 0.717) is 19.8 Å². The van der Waals surface area contributed by atoms with E-state index >= 15 is 0 Å². The van der Waals surface area contributed by atoms with Crippen LogP contribution in [0.5, 0.6) is 11.5 Å². The number of hydrogen-bond acceptors (Lipinski definition) is 3. The average molecular weight is 412 g/mol. The van der Waals surface area contributed by atoms with Gasteiger partial charge in [-0.1, -0.05) is 35.9 Å². The van der Waals surface area contributed by atoms with Gasteiger partial charge in [-0.3, -0.25) is 4.79 Å². The van der Waals surface area contributed by atoms with E-state index in [1.54, 1.807) is 4.90 Å². The second kappa shape index (κ2) is 9.49. The number of benzene rings is 2. The summed E-state index contributed by atoms with van der Waals surface area (Å²) >= 11 is 0. The maximum absolute atomic E-state index is 12.6. The molecule has 30 heavy (non-hydrogen) atoms. The fourth-order valence-electron chi connectivity index (χ4n) is 4.35. The lowest BCUT2D eigenvalue weighted by molar-refractivity contribution is -1.02. The van der Waals surface area contributed by atoms with E-state index in [4.69, 9.17) is 9.47 Å². The molecule has 1 fully saturated rings. The molecule has 0 radical (unpaired) electrons. The first-order chi connectivity index (χ1) is 14.6. The van der Waals surface area contributed by atoms with Crippen molar-refractivity contribution >= 4 is 5.91 Å². The topological polar surface area (TPSA) is 56.4 Å². The smallest absolute Gasteiger partial charge is 0.275 e. The number of rotatable bonds is 6. The summed E-state index contributed by atoms with van der Waals surface area (Å²) in [5.74, 6) is 1.65. The Morgan fingerprint density at radius 3 is 2.50 bits per heavy atom. The first kappa shape index (κ1) is 20.7. The van der Waals surface area contributed by atoms with Crippen molar-refractivity contribution in [1.82, 2.24) is 5.32 Å². The first-order valence-electron chi connectivity index (χ1n) is 11.0. The first-order valence-corrected chi connectivity index (χ1v) is 11.0. The minimum absolute atomic E-state index is 0.0547. The number of fused-ring (bicyclic) bond motifs is 1. The Morgan fingerprint density at radius 2 is 1.73 bits per heavy atom. The third kappa shape index (κ3) is 5.32. The van der Waals surface area contributed by atoms with Gasteiger partial charge in [-0.05, 0) is 31.5 Å². The third-order valence-electron chi connectivity index (χ3n) is 6.06. The van der Waals surface area contributed by atoms with Gasteiger partial charge in [-0.15, -0.1) is 0 Å². The summed E-state index contributed by atoms with van der Waals surface area (Å²) in [5, 5.41) is 3.14. The highest BCUT2D eigenvalue weighted by Crippen LogP contribution is 2.32. The summed E-state index contributed by atoms with van der Waals surface area (Å²) < 4.78 is 11.2. The highest BCUT2D eigenvalue weighted by Gasteiger charge is 2.25. The van der Waals surface area contributed by atoms with E-state index < -0.39 is 0 Å². The van der Waals surface area contributed by atoms with Gasteiger partial charge in [0.25, 0.3) is 5.91 Å². The van der Waals surface area contributed by atoms with E-state index in [1.165, 1.54) is 16.0 Å². The van der Waals surface area contributed by atoms with Crippen LogP contribution in [-0.2, 0) is 11.3 Å². The van der Waals surface area contributed by atoms with Crippen molar-refractivity contribution in [1.29, 1.82) is 0 Å². The Hall–Kier alpha value is -2.57. The Bertz CT molecular complexity index is 878. The van der Waals surface area contributed by atoms with Crippen LogP contribution in [0, 0.1) is 6.92 Å². The van der Waals surface area contributed by atoms with Crippen LogP contribution in [-0.4, -0.2) is 51.8 Å². The molecule has 2 aliphatic heterocycles. The van der Waals surface area contributed by atoms with E-state index in [9.17, 15) is 4.79 Å². The van der Waals surface area contributed by atoms with E-state index in [0.717, 1.165) is 49.8 Å². The molecular weight excluding hydrogens is 378 g/mol. The summed E-state index contributed by atoms with van der Waals surface area (Å²) in [6.45, 7) is 11.2. The molecule has 0 aliphatic carbocycles. The highest BCUT2D eigenvalue weighted by atomic mass is 16.6. The maximum Gasteiger partial charge on any atom is 0.275 e. The zero-order valence-corrected chi connectivity index (χ0v) is 18.0. The molecular formula is C24H33N3O3+2. The molecule has 1 saturated heterocycles. The molecule has 6 nitrogen and oxygen atoms in total. The molecule has 0 bridgehead atoms. The van der Waals surface area contributed by atoms with Gasteiger partial charge in [0, 0.05) is 5.56 Å².